The van der Waals surface area contributed by atoms with Crippen LogP contribution in [0.25, 0.3) is 0 Å². The fourth-order valence-electron chi connectivity index (χ4n) is 0.792. The van der Waals surface area contributed by atoms with Gasteiger partial charge in [-0.15, -0.1) is 0 Å². The molecule has 1 N–H and O–H groups in total. The van der Waals surface area contributed by atoms with Crippen LogP contribution < -0.4 is 0 Å². The van der Waals surface area contributed by atoms with Gasteiger partial charge >= 0.3 is 5.97 Å². The molecule has 0 aliphatic heterocycles. The summed E-state index contributed by atoms with van der Waals surface area (Å²) in [6.45, 7) is 0. The number of aromatic nitrogens is 1. The Kier molecular flexibility index (Phi) is 4.13. The summed E-state index contributed by atoms with van der Waals surface area (Å²) in [5, 5.41) is 9.36. The summed E-state index contributed by atoms with van der Waals surface area (Å²) in [6.07, 6.45) is -0.0237. The Morgan fingerprint density at radius 3 is 3.07 bits per heavy atom. The molecule has 0 radical (unpaired) electrons. The molecule has 0 aliphatic rings. The van der Waals surface area contributed by atoms with Gasteiger partial charge < -0.3 is 9.84 Å². The molecule has 0 saturated carbocycles. The molecule has 0 unspecified atom stereocenters. The van der Waals surface area contributed by atoms with E-state index in [2.05, 4.69) is 37.5 Å². The number of carbonyl (C=O) groups excluding carboxylic acids is 1. The average molecular weight is 270 g/mol. The van der Waals surface area contributed by atoms with E-state index in [9.17, 15) is 9.90 Å². The van der Waals surface area contributed by atoms with Gasteiger partial charge in [-0.1, -0.05) is 5.92 Å². The summed E-state index contributed by atoms with van der Waals surface area (Å²) < 4.78 is 4.98. The molecule has 0 spiro atoms. The van der Waals surface area contributed by atoms with E-state index >= 15 is 0 Å². The van der Waals surface area contributed by atoms with Crippen LogP contribution in [0.4, 0.5) is 0 Å². The topological polar surface area (TPSA) is 59.4 Å². The third kappa shape index (κ3) is 3.60. The number of halogens is 1. The van der Waals surface area contributed by atoms with Crippen molar-refractivity contribution in [3.8, 4) is 17.6 Å². The Bertz CT molecular complexity index is 434. The highest BCUT2D eigenvalue weighted by Crippen LogP contribution is 2.16. The van der Waals surface area contributed by atoms with Gasteiger partial charge in [0, 0.05) is 0 Å². The van der Waals surface area contributed by atoms with E-state index in [0.717, 1.165) is 0 Å². The van der Waals surface area contributed by atoms with Crippen LogP contribution in [0.1, 0.15) is 12.1 Å². The summed E-state index contributed by atoms with van der Waals surface area (Å²) in [6, 6.07) is 3.07. The third-order valence-corrected chi connectivity index (χ3v) is 1.95. The van der Waals surface area contributed by atoms with Crippen LogP contribution in [0.15, 0.2) is 16.7 Å². The van der Waals surface area contributed by atoms with E-state index < -0.39 is 5.97 Å². The molecular weight excluding hydrogens is 262 g/mol. The smallest absolute Gasteiger partial charge is 0.317 e. The molecule has 0 aromatic carbocycles. The molecule has 1 heterocycles. The van der Waals surface area contributed by atoms with Crippen molar-refractivity contribution in [3.05, 3.63) is 22.4 Å². The summed E-state index contributed by atoms with van der Waals surface area (Å²) >= 11 is 3.15. The maximum absolute atomic E-state index is 10.7. The van der Waals surface area contributed by atoms with Gasteiger partial charge in [0.1, 0.15) is 16.8 Å². The van der Waals surface area contributed by atoms with Gasteiger partial charge in [-0.05, 0) is 34.0 Å². The van der Waals surface area contributed by atoms with Crippen LogP contribution in [-0.2, 0) is 9.53 Å². The molecule has 1 aromatic heterocycles. The van der Waals surface area contributed by atoms with Gasteiger partial charge in [-0.2, -0.15) is 0 Å². The molecular formula is C10H8BrNO3. The predicted molar refractivity (Wildman–Crippen MR) is 57.1 cm³/mol. The Morgan fingerprint density at radius 1 is 1.67 bits per heavy atom. The Hall–Kier alpha value is -1.54. The van der Waals surface area contributed by atoms with Gasteiger partial charge in [0.15, 0.2) is 5.69 Å². The highest BCUT2D eigenvalue weighted by atomic mass is 79.9. The predicted octanol–water partition coefficient (Wildman–Crippen LogP) is 1.46. The quantitative estimate of drug-likeness (QED) is 0.477. The Morgan fingerprint density at radius 2 is 2.40 bits per heavy atom. The maximum Gasteiger partial charge on any atom is 0.317 e. The molecule has 0 bridgehead atoms. The largest absolute Gasteiger partial charge is 0.505 e. The lowest BCUT2D eigenvalue weighted by molar-refractivity contribution is -0.139. The van der Waals surface area contributed by atoms with Crippen LogP contribution in [0.3, 0.4) is 0 Å². The second-order valence-corrected chi connectivity index (χ2v) is 3.37. The second-order valence-electron chi connectivity index (χ2n) is 2.56. The van der Waals surface area contributed by atoms with E-state index in [-0.39, 0.29) is 17.9 Å². The zero-order valence-electron chi connectivity index (χ0n) is 7.95. The van der Waals surface area contributed by atoms with Gasteiger partial charge in [0.25, 0.3) is 0 Å². The van der Waals surface area contributed by atoms with Gasteiger partial charge in [0.2, 0.25) is 0 Å². The zero-order chi connectivity index (χ0) is 11.3. The lowest BCUT2D eigenvalue weighted by Crippen LogP contribution is -1.97. The van der Waals surface area contributed by atoms with Crippen molar-refractivity contribution in [1.82, 2.24) is 4.98 Å². The van der Waals surface area contributed by atoms with Gasteiger partial charge in [0.05, 0.1) is 7.11 Å². The highest BCUT2D eigenvalue weighted by molar-refractivity contribution is 9.10. The summed E-state index contributed by atoms with van der Waals surface area (Å²) in [5.41, 5.74) is 0.230. The van der Waals surface area contributed by atoms with E-state index in [1.165, 1.54) is 13.2 Å². The third-order valence-electron chi connectivity index (χ3n) is 1.51. The van der Waals surface area contributed by atoms with Crippen molar-refractivity contribution in [2.24, 2.45) is 0 Å². The zero-order valence-corrected chi connectivity index (χ0v) is 9.54. The number of hydrogen-bond acceptors (Lipinski definition) is 4. The minimum atomic E-state index is -0.419. The van der Waals surface area contributed by atoms with E-state index in [1.807, 2.05) is 0 Å². The minimum Gasteiger partial charge on any atom is -0.505 e. The number of methoxy groups -OCH3 is 1. The second kappa shape index (κ2) is 5.37. The molecule has 0 saturated heterocycles. The molecule has 4 nitrogen and oxygen atoms in total. The standard InChI is InChI=1S/C10H8BrNO3/c1-15-10(14)4-2-3-7-8(13)5-6-9(11)12-7/h5-6,13H,4H2,1H3. The van der Waals surface area contributed by atoms with Crippen molar-refractivity contribution in [2.45, 2.75) is 6.42 Å². The lowest BCUT2D eigenvalue weighted by Gasteiger charge is -1.95. The van der Waals surface area contributed by atoms with E-state index in [0.29, 0.717) is 4.60 Å². The molecule has 0 aliphatic carbocycles. The summed E-state index contributed by atoms with van der Waals surface area (Å²) in [5.74, 6) is 4.69. The average Bonchev–Trinajstić information content (AvgIpc) is 2.23. The molecule has 0 amide bonds. The number of ether oxygens (including phenoxy) is 1. The van der Waals surface area contributed by atoms with Crippen LogP contribution in [0.5, 0.6) is 5.75 Å². The number of aromatic hydroxyl groups is 1. The molecule has 0 fully saturated rings. The van der Waals surface area contributed by atoms with Crippen molar-refractivity contribution < 1.29 is 14.6 Å². The minimum absolute atomic E-state index is 0.0180. The number of nitrogens with zero attached hydrogens (tertiary/aromatic N) is 1. The maximum atomic E-state index is 10.7. The van der Waals surface area contributed by atoms with Crippen molar-refractivity contribution >= 4 is 21.9 Å². The highest BCUT2D eigenvalue weighted by Gasteiger charge is 2.00. The summed E-state index contributed by atoms with van der Waals surface area (Å²) in [4.78, 5) is 14.7. The summed E-state index contributed by atoms with van der Waals surface area (Å²) in [7, 11) is 1.29. The van der Waals surface area contributed by atoms with Crippen LogP contribution in [-0.4, -0.2) is 23.2 Å². The molecule has 0 atom stereocenters. The fraction of sp³-hybridized carbons (Fsp3) is 0.200. The van der Waals surface area contributed by atoms with Gasteiger partial charge in [-0.25, -0.2) is 4.98 Å². The first kappa shape index (κ1) is 11.5. The van der Waals surface area contributed by atoms with Crippen molar-refractivity contribution in [1.29, 1.82) is 0 Å². The first-order valence-electron chi connectivity index (χ1n) is 4.04. The van der Waals surface area contributed by atoms with Crippen molar-refractivity contribution in [3.63, 3.8) is 0 Å². The van der Waals surface area contributed by atoms with Crippen LogP contribution in [0, 0.1) is 11.8 Å². The number of carbonyl (C=O) groups is 1. The molecule has 15 heavy (non-hydrogen) atoms. The lowest BCUT2D eigenvalue weighted by atomic mass is 10.3. The first-order chi connectivity index (χ1) is 7.13. The molecule has 78 valence electrons. The Balaban J connectivity index is 2.79. The monoisotopic (exact) mass is 269 g/mol. The van der Waals surface area contributed by atoms with Crippen LogP contribution >= 0.6 is 15.9 Å². The number of esters is 1. The van der Waals surface area contributed by atoms with Crippen LogP contribution in [0.2, 0.25) is 0 Å². The SMILES string of the molecule is COC(=O)CC#Cc1nc(Br)ccc1O. The fourth-order valence-corrected chi connectivity index (χ4v) is 1.10. The number of rotatable bonds is 1. The number of hydrogen-bond donors (Lipinski definition) is 1. The van der Waals surface area contributed by atoms with E-state index in [1.54, 1.807) is 6.07 Å². The first-order valence-corrected chi connectivity index (χ1v) is 4.84. The Labute approximate surface area is 95.4 Å². The van der Waals surface area contributed by atoms with Crippen molar-refractivity contribution in [2.75, 3.05) is 7.11 Å². The van der Waals surface area contributed by atoms with Gasteiger partial charge in [-0.3, -0.25) is 4.79 Å². The molecule has 1 rings (SSSR count). The van der Waals surface area contributed by atoms with E-state index in [4.69, 9.17) is 0 Å². The molecule has 5 heteroatoms. The number of pyridine rings is 1. The normalized spacial score (nSPS) is 8.93. The molecule has 1 aromatic rings.